The van der Waals surface area contributed by atoms with Crippen molar-refractivity contribution in [3.05, 3.63) is 35.4 Å². The number of likely N-dealkylation sites (tertiary alicyclic amines) is 1. The smallest absolute Gasteiger partial charge is 0.232 e. The molecule has 1 aliphatic rings. The second kappa shape index (κ2) is 4.67. The lowest BCUT2D eigenvalue weighted by molar-refractivity contribution is -0.139. The lowest BCUT2D eigenvalue weighted by atomic mass is 10.1. The van der Waals surface area contributed by atoms with Crippen molar-refractivity contribution in [3.63, 3.8) is 0 Å². The van der Waals surface area contributed by atoms with Crippen molar-refractivity contribution in [2.24, 2.45) is 11.7 Å². The van der Waals surface area contributed by atoms with Crippen LogP contribution in [0.4, 0.5) is 0 Å². The molecule has 1 fully saturated rings. The zero-order chi connectivity index (χ0) is 12.4. The summed E-state index contributed by atoms with van der Waals surface area (Å²) in [7, 11) is 0. The Morgan fingerprint density at radius 2 is 1.94 bits per heavy atom. The summed E-state index contributed by atoms with van der Waals surface area (Å²) < 4.78 is 0. The van der Waals surface area contributed by atoms with E-state index < -0.39 is 0 Å². The van der Waals surface area contributed by atoms with Gasteiger partial charge in [-0.25, -0.2) is 0 Å². The van der Waals surface area contributed by atoms with Crippen molar-refractivity contribution < 1.29 is 9.59 Å². The standard InChI is InChI=1S/C13H16N2O2/c1-9-6-12(16)15(13(9)17)8-11-5-3-2-4-10(11)7-14/h2-5,9H,6-8,14H2,1H3. The Morgan fingerprint density at radius 1 is 1.29 bits per heavy atom. The van der Waals surface area contributed by atoms with Gasteiger partial charge in [-0.15, -0.1) is 0 Å². The van der Waals surface area contributed by atoms with Gasteiger partial charge >= 0.3 is 0 Å². The molecule has 0 aromatic heterocycles. The molecule has 2 rings (SSSR count). The van der Waals surface area contributed by atoms with Gasteiger partial charge in [-0.05, 0) is 11.1 Å². The van der Waals surface area contributed by atoms with E-state index in [4.69, 9.17) is 5.73 Å². The Balaban J connectivity index is 2.21. The van der Waals surface area contributed by atoms with Crippen LogP contribution in [0, 0.1) is 5.92 Å². The van der Waals surface area contributed by atoms with Crippen molar-refractivity contribution in [2.45, 2.75) is 26.4 Å². The zero-order valence-electron chi connectivity index (χ0n) is 9.85. The average molecular weight is 232 g/mol. The molecule has 2 N–H and O–H groups in total. The highest BCUT2D eigenvalue weighted by Crippen LogP contribution is 2.22. The van der Waals surface area contributed by atoms with E-state index in [0.29, 0.717) is 19.5 Å². The maximum atomic E-state index is 11.8. The number of imide groups is 1. The Hall–Kier alpha value is -1.68. The van der Waals surface area contributed by atoms with Crippen LogP contribution in [0.1, 0.15) is 24.5 Å². The second-order valence-corrected chi connectivity index (χ2v) is 4.40. The van der Waals surface area contributed by atoms with E-state index in [2.05, 4.69) is 0 Å². The normalized spacial score (nSPS) is 20.1. The van der Waals surface area contributed by atoms with Gasteiger partial charge in [0.25, 0.3) is 0 Å². The van der Waals surface area contributed by atoms with Crippen LogP contribution in [0.15, 0.2) is 24.3 Å². The predicted molar refractivity (Wildman–Crippen MR) is 63.7 cm³/mol. The fourth-order valence-corrected chi connectivity index (χ4v) is 2.10. The van der Waals surface area contributed by atoms with Crippen molar-refractivity contribution in [1.82, 2.24) is 4.90 Å². The third kappa shape index (κ3) is 2.22. The highest BCUT2D eigenvalue weighted by Gasteiger charge is 2.35. The lowest BCUT2D eigenvalue weighted by Gasteiger charge is -2.16. The molecule has 90 valence electrons. The van der Waals surface area contributed by atoms with Crippen LogP contribution in [-0.4, -0.2) is 16.7 Å². The molecule has 1 aromatic carbocycles. The Kier molecular flexibility index (Phi) is 3.24. The molecule has 2 amide bonds. The minimum atomic E-state index is -0.187. The summed E-state index contributed by atoms with van der Waals surface area (Å²) in [6.45, 7) is 2.55. The minimum Gasteiger partial charge on any atom is -0.326 e. The molecular weight excluding hydrogens is 216 g/mol. The summed E-state index contributed by atoms with van der Waals surface area (Å²) in [5.74, 6) is -0.358. The number of hydrogen-bond acceptors (Lipinski definition) is 3. The SMILES string of the molecule is CC1CC(=O)N(Cc2ccccc2CN)C1=O. The van der Waals surface area contributed by atoms with E-state index in [1.165, 1.54) is 4.90 Å². The van der Waals surface area contributed by atoms with Crippen molar-refractivity contribution in [3.8, 4) is 0 Å². The average Bonchev–Trinajstić information content (AvgIpc) is 2.57. The molecule has 4 nitrogen and oxygen atoms in total. The van der Waals surface area contributed by atoms with Gasteiger partial charge in [-0.1, -0.05) is 31.2 Å². The lowest BCUT2D eigenvalue weighted by Crippen LogP contribution is -2.30. The number of nitrogens with zero attached hydrogens (tertiary/aromatic N) is 1. The molecule has 1 aromatic rings. The summed E-state index contributed by atoms with van der Waals surface area (Å²) in [6, 6.07) is 7.63. The first-order valence-corrected chi connectivity index (χ1v) is 5.74. The van der Waals surface area contributed by atoms with E-state index in [1.807, 2.05) is 24.3 Å². The third-order valence-electron chi connectivity index (χ3n) is 3.14. The van der Waals surface area contributed by atoms with Crippen LogP contribution in [0.5, 0.6) is 0 Å². The van der Waals surface area contributed by atoms with E-state index >= 15 is 0 Å². The van der Waals surface area contributed by atoms with Crippen molar-refractivity contribution in [1.29, 1.82) is 0 Å². The highest BCUT2D eigenvalue weighted by atomic mass is 16.2. The maximum Gasteiger partial charge on any atom is 0.232 e. The molecule has 17 heavy (non-hydrogen) atoms. The van der Waals surface area contributed by atoms with Gasteiger partial charge in [0.2, 0.25) is 11.8 Å². The molecule has 1 unspecified atom stereocenters. The fraction of sp³-hybridized carbons (Fsp3) is 0.385. The monoisotopic (exact) mass is 232 g/mol. The van der Waals surface area contributed by atoms with Crippen LogP contribution in [0.25, 0.3) is 0 Å². The summed E-state index contributed by atoms with van der Waals surface area (Å²) in [4.78, 5) is 24.8. The van der Waals surface area contributed by atoms with Gasteiger partial charge in [0.1, 0.15) is 0 Å². The third-order valence-corrected chi connectivity index (χ3v) is 3.14. The van der Waals surface area contributed by atoms with Gasteiger partial charge in [0.05, 0.1) is 6.54 Å². The topological polar surface area (TPSA) is 63.4 Å². The quantitative estimate of drug-likeness (QED) is 0.792. The van der Waals surface area contributed by atoms with Gasteiger partial charge in [-0.2, -0.15) is 0 Å². The first-order valence-electron chi connectivity index (χ1n) is 5.74. The van der Waals surface area contributed by atoms with Gasteiger partial charge in [0.15, 0.2) is 0 Å². The molecule has 1 aliphatic heterocycles. The number of amides is 2. The summed E-state index contributed by atoms with van der Waals surface area (Å²) in [6.07, 6.45) is 0.323. The molecule has 0 saturated carbocycles. The van der Waals surface area contributed by atoms with Crippen molar-refractivity contribution >= 4 is 11.8 Å². The van der Waals surface area contributed by atoms with Crippen molar-refractivity contribution in [2.75, 3.05) is 0 Å². The number of benzene rings is 1. The number of carbonyl (C=O) groups excluding carboxylic acids is 2. The number of rotatable bonds is 3. The fourth-order valence-electron chi connectivity index (χ4n) is 2.10. The molecule has 0 spiro atoms. The summed E-state index contributed by atoms with van der Waals surface area (Å²) >= 11 is 0. The first kappa shape index (κ1) is 11.8. The van der Waals surface area contributed by atoms with Crippen LogP contribution < -0.4 is 5.73 Å². The maximum absolute atomic E-state index is 11.8. The molecule has 0 radical (unpaired) electrons. The van der Waals surface area contributed by atoms with E-state index in [1.54, 1.807) is 6.92 Å². The number of nitrogens with two attached hydrogens (primary N) is 1. The van der Waals surface area contributed by atoms with Crippen LogP contribution >= 0.6 is 0 Å². The van der Waals surface area contributed by atoms with E-state index in [-0.39, 0.29) is 17.7 Å². The minimum absolute atomic E-state index is 0.0816. The summed E-state index contributed by atoms with van der Waals surface area (Å²) in [5.41, 5.74) is 7.56. The van der Waals surface area contributed by atoms with Gasteiger partial charge < -0.3 is 5.73 Å². The molecule has 1 atom stereocenters. The number of carbonyl (C=O) groups is 2. The molecule has 0 aliphatic carbocycles. The number of hydrogen-bond donors (Lipinski definition) is 1. The van der Waals surface area contributed by atoms with Gasteiger partial charge in [-0.3, -0.25) is 14.5 Å². The Bertz CT molecular complexity index is 456. The molecule has 4 heteroatoms. The Morgan fingerprint density at radius 3 is 2.47 bits per heavy atom. The first-order chi connectivity index (χ1) is 8.13. The largest absolute Gasteiger partial charge is 0.326 e. The highest BCUT2D eigenvalue weighted by molar-refractivity contribution is 6.03. The van der Waals surface area contributed by atoms with Gasteiger partial charge in [0, 0.05) is 18.9 Å². The van der Waals surface area contributed by atoms with E-state index in [0.717, 1.165) is 11.1 Å². The van der Waals surface area contributed by atoms with Crippen LogP contribution in [0.3, 0.4) is 0 Å². The zero-order valence-corrected chi connectivity index (χ0v) is 9.85. The molecule has 1 saturated heterocycles. The predicted octanol–water partition coefficient (Wildman–Crippen LogP) is 1.04. The second-order valence-electron chi connectivity index (χ2n) is 4.40. The summed E-state index contributed by atoms with van der Waals surface area (Å²) in [5, 5.41) is 0. The molecule has 0 bridgehead atoms. The van der Waals surface area contributed by atoms with Crippen LogP contribution in [0.2, 0.25) is 0 Å². The molecular formula is C13H16N2O2. The van der Waals surface area contributed by atoms with E-state index in [9.17, 15) is 9.59 Å². The molecule has 1 heterocycles. The Labute approximate surface area is 100 Å². The van der Waals surface area contributed by atoms with Crippen LogP contribution in [-0.2, 0) is 22.7 Å².